The second-order valence-electron chi connectivity index (χ2n) is 10.2. The zero-order chi connectivity index (χ0) is 27.2. The van der Waals surface area contributed by atoms with Gasteiger partial charge in [0.15, 0.2) is 15.1 Å². The van der Waals surface area contributed by atoms with Crippen LogP contribution in [0.3, 0.4) is 0 Å². The molecule has 3 rings (SSSR count). The van der Waals surface area contributed by atoms with Crippen LogP contribution >= 0.6 is 22.9 Å². The van der Waals surface area contributed by atoms with Gasteiger partial charge in [-0.2, -0.15) is 0 Å². The summed E-state index contributed by atoms with van der Waals surface area (Å²) in [5, 5.41) is 10.9. The molecule has 0 amide bonds. The summed E-state index contributed by atoms with van der Waals surface area (Å²) in [6.45, 7) is 23.0. The molecular weight excluding hydrogens is 504 g/mol. The van der Waals surface area contributed by atoms with Crippen molar-refractivity contribution in [2.24, 2.45) is 15.6 Å². The summed E-state index contributed by atoms with van der Waals surface area (Å²) < 4.78 is 10.0. The number of aromatic nitrogens is 2. The molecule has 0 atom stereocenters. The zero-order valence-corrected chi connectivity index (χ0v) is 24.2. The fourth-order valence-corrected chi connectivity index (χ4v) is 5.14. The van der Waals surface area contributed by atoms with Gasteiger partial charge < -0.3 is 9.64 Å². The van der Waals surface area contributed by atoms with E-state index < -0.39 is 5.41 Å². The van der Waals surface area contributed by atoms with Crippen LogP contribution in [0.5, 0.6) is 0 Å². The monoisotopic (exact) mass is 538 g/mol. The van der Waals surface area contributed by atoms with Crippen LogP contribution < -0.4 is 4.90 Å². The van der Waals surface area contributed by atoms with Crippen LogP contribution in [0, 0.1) is 12.0 Å². The molecule has 10 heteroatoms. The summed E-state index contributed by atoms with van der Waals surface area (Å²) in [6, 6.07) is 9.83. The molecule has 0 bridgehead atoms. The summed E-state index contributed by atoms with van der Waals surface area (Å²) in [6.07, 6.45) is 0.719. The van der Waals surface area contributed by atoms with Crippen LogP contribution in [0.15, 0.2) is 40.6 Å². The molecule has 0 aliphatic heterocycles. The second kappa shape index (κ2) is 11.9. The van der Waals surface area contributed by atoms with Crippen molar-refractivity contribution in [2.45, 2.75) is 60.3 Å². The molecule has 0 spiro atoms. The van der Waals surface area contributed by atoms with Crippen molar-refractivity contribution in [1.82, 2.24) is 9.36 Å². The molecule has 0 aliphatic rings. The number of esters is 1. The predicted octanol–water partition coefficient (Wildman–Crippen LogP) is 8.34. The number of carbonyl (C=O) groups excluding carboxylic acids is 1. The number of azo groups is 1. The summed E-state index contributed by atoms with van der Waals surface area (Å²) in [7, 11) is 0. The van der Waals surface area contributed by atoms with Gasteiger partial charge in [0.05, 0.1) is 24.2 Å². The summed E-state index contributed by atoms with van der Waals surface area (Å²) in [4.78, 5) is 23.0. The topological polar surface area (TPSA) is 84.4 Å². The van der Waals surface area contributed by atoms with Crippen molar-refractivity contribution in [1.29, 1.82) is 0 Å². The molecule has 196 valence electrons. The Labute approximate surface area is 227 Å². The zero-order valence-electron chi connectivity index (χ0n) is 22.5. The Morgan fingerprint density at radius 1 is 1.11 bits per heavy atom. The third-order valence-electron chi connectivity index (χ3n) is 6.03. The first-order chi connectivity index (χ1) is 17.5. The predicted molar refractivity (Wildman–Crippen MR) is 152 cm³/mol. The van der Waals surface area contributed by atoms with E-state index in [4.69, 9.17) is 16.3 Å². The van der Waals surface area contributed by atoms with Gasteiger partial charge in [0, 0.05) is 12.1 Å². The van der Waals surface area contributed by atoms with Gasteiger partial charge in [0.2, 0.25) is 5.69 Å². The maximum atomic E-state index is 12.4. The van der Waals surface area contributed by atoms with Crippen LogP contribution in [0.2, 0.25) is 0 Å². The highest BCUT2D eigenvalue weighted by atomic mass is 32.1. The van der Waals surface area contributed by atoms with Crippen LogP contribution in [0.4, 0.5) is 20.8 Å². The Kier molecular flexibility index (Phi) is 9.16. The molecule has 1 aromatic carbocycles. The standard InChI is InChI=1S/C27H34N6O2S2/c1-9-27(6,7)24(34)35-17-16-33(10-2)25-29-19(18-14-12-11-13-15-18)22(36-25)30-31-23-20(28-8)21(32-37-23)26(3,4)5/h11-15H,9-10,16-17H2,1-7H3. The molecular formula is C27H34N6O2S2. The minimum absolute atomic E-state index is 0.195. The van der Waals surface area contributed by atoms with Gasteiger partial charge in [-0.05, 0) is 44.1 Å². The lowest BCUT2D eigenvalue weighted by atomic mass is 9.91. The van der Waals surface area contributed by atoms with Crippen molar-refractivity contribution in [3.8, 4) is 11.3 Å². The normalized spacial score (nSPS) is 12.1. The van der Waals surface area contributed by atoms with E-state index in [0.717, 1.165) is 28.5 Å². The Bertz CT molecular complexity index is 1280. The SMILES string of the molecule is [C-]#[N+]c1c(C(C)(C)C)nsc1N=Nc1sc(N(CC)CCOC(=O)C(C)(C)CC)nc1-c1ccccc1. The van der Waals surface area contributed by atoms with Crippen LogP contribution in [0.1, 0.15) is 60.6 Å². The Balaban J connectivity index is 1.90. The fourth-order valence-electron chi connectivity index (χ4n) is 3.29. The van der Waals surface area contributed by atoms with Crippen molar-refractivity contribution in [3.63, 3.8) is 0 Å². The average Bonchev–Trinajstić information content (AvgIpc) is 3.49. The Hall–Kier alpha value is -3.16. The van der Waals surface area contributed by atoms with E-state index in [1.165, 1.54) is 22.9 Å². The van der Waals surface area contributed by atoms with E-state index in [-0.39, 0.29) is 18.0 Å². The molecule has 8 nitrogen and oxygen atoms in total. The largest absolute Gasteiger partial charge is 0.463 e. The number of rotatable bonds is 10. The lowest BCUT2D eigenvalue weighted by Gasteiger charge is -2.23. The molecule has 2 aromatic heterocycles. The lowest BCUT2D eigenvalue weighted by molar-refractivity contribution is -0.153. The minimum Gasteiger partial charge on any atom is -0.463 e. The van der Waals surface area contributed by atoms with Gasteiger partial charge in [-0.15, -0.1) is 10.2 Å². The molecule has 37 heavy (non-hydrogen) atoms. The Morgan fingerprint density at radius 2 is 1.78 bits per heavy atom. The molecule has 0 saturated heterocycles. The van der Waals surface area contributed by atoms with Crippen LogP contribution in [-0.4, -0.2) is 35.0 Å². The maximum Gasteiger partial charge on any atom is 0.311 e. The first-order valence-electron chi connectivity index (χ1n) is 12.3. The maximum absolute atomic E-state index is 12.4. The van der Waals surface area contributed by atoms with Crippen molar-refractivity contribution >= 4 is 49.7 Å². The van der Waals surface area contributed by atoms with Gasteiger partial charge in [0.1, 0.15) is 12.3 Å². The van der Waals surface area contributed by atoms with Gasteiger partial charge in [-0.25, -0.2) is 14.2 Å². The van der Waals surface area contributed by atoms with Crippen molar-refractivity contribution < 1.29 is 9.53 Å². The molecule has 2 heterocycles. The van der Waals surface area contributed by atoms with Gasteiger partial charge in [0.25, 0.3) is 0 Å². The van der Waals surface area contributed by atoms with E-state index in [0.29, 0.717) is 28.8 Å². The van der Waals surface area contributed by atoms with E-state index in [2.05, 4.69) is 24.3 Å². The van der Waals surface area contributed by atoms with E-state index >= 15 is 0 Å². The first kappa shape index (κ1) is 28.4. The van der Waals surface area contributed by atoms with E-state index in [9.17, 15) is 4.79 Å². The number of nitrogens with zero attached hydrogens (tertiary/aromatic N) is 6. The number of hydrogen-bond donors (Lipinski definition) is 0. The van der Waals surface area contributed by atoms with Crippen LogP contribution in [0.25, 0.3) is 16.1 Å². The highest BCUT2D eigenvalue weighted by Gasteiger charge is 2.28. The van der Waals surface area contributed by atoms with Crippen molar-refractivity contribution in [3.05, 3.63) is 47.4 Å². The number of benzene rings is 1. The number of carbonyl (C=O) groups is 1. The fraction of sp³-hybridized carbons (Fsp3) is 0.481. The number of ether oxygens (including phenoxy) is 1. The third-order valence-corrected chi connectivity index (χ3v) is 7.75. The quantitative estimate of drug-likeness (QED) is 0.147. The highest BCUT2D eigenvalue weighted by Crippen LogP contribution is 2.44. The van der Waals surface area contributed by atoms with Crippen molar-refractivity contribution in [2.75, 3.05) is 24.6 Å². The number of hydrogen-bond acceptors (Lipinski definition) is 9. The molecule has 0 saturated carbocycles. The second-order valence-corrected chi connectivity index (χ2v) is 11.9. The minimum atomic E-state index is -0.500. The summed E-state index contributed by atoms with van der Waals surface area (Å²) in [5.74, 6) is -0.195. The lowest BCUT2D eigenvalue weighted by Crippen LogP contribution is -2.31. The smallest absolute Gasteiger partial charge is 0.311 e. The number of anilines is 1. The van der Waals surface area contributed by atoms with Crippen LogP contribution in [-0.2, 0) is 14.9 Å². The summed E-state index contributed by atoms with van der Waals surface area (Å²) in [5.41, 5.74) is 2.06. The first-order valence-corrected chi connectivity index (χ1v) is 13.9. The highest BCUT2D eigenvalue weighted by molar-refractivity contribution is 7.19. The molecule has 0 N–H and O–H groups in total. The van der Waals surface area contributed by atoms with Gasteiger partial charge >= 0.3 is 5.97 Å². The molecule has 3 aromatic rings. The molecule has 0 fully saturated rings. The number of thiazole rings is 1. The molecule has 0 unspecified atom stereocenters. The molecule has 0 radical (unpaired) electrons. The van der Waals surface area contributed by atoms with E-state index in [1.54, 1.807) is 0 Å². The van der Waals surface area contributed by atoms with Gasteiger partial charge in [-0.3, -0.25) is 4.79 Å². The molecule has 0 aliphatic carbocycles. The average molecular weight is 539 g/mol. The third kappa shape index (κ3) is 6.79. The van der Waals surface area contributed by atoms with E-state index in [1.807, 2.05) is 78.8 Å². The van der Waals surface area contributed by atoms with Gasteiger partial charge in [-0.1, -0.05) is 69.4 Å². The number of likely N-dealkylation sites (N-methyl/N-ethyl adjacent to an activating group) is 1. The summed E-state index contributed by atoms with van der Waals surface area (Å²) >= 11 is 2.61. The Morgan fingerprint density at radius 3 is 2.38 bits per heavy atom.